The Hall–Kier alpha value is -3.68. The van der Waals surface area contributed by atoms with Crippen LogP contribution >= 0.6 is 0 Å². The third-order valence-corrected chi connectivity index (χ3v) is 3.49. The Balaban J connectivity index is 1.69. The predicted molar refractivity (Wildman–Crippen MR) is 87.4 cm³/mol. The van der Waals surface area contributed by atoms with Gasteiger partial charge >= 0.3 is 0 Å². The van der Waals surface area contributed by atoms with E-state index in [2.05, 4.69) is 25.0 Å². The SMILES string of the molecule is O=C(Cc1ccccn1)c1cc(Oc2cncnc2)cn2ncnc12. The third-order valence-electron chi connectivity index (χ3n) is 3.49. The van der Waals surface area contributed by atoms with Crippen LogP contribution in [0.25, 0.3) is 5.65 Å². The number of rotatable bonds is 5. The van der Waals surface area contributed by atoms with Crippen molar-refractivity contribution in [2.45, 2.75) is 6.42 Å². The summed E-state index contributed by atoms with van der Waals surface area (Å²) in [6, 6.07) is 7.10. The van der Waals surface area contributed by atoms with Crippen LogP contribution in [-0.4, -0.2) is 35.3 Å². The van der Waals surface area contributed by atoms with Crippen molar-refractivity contribution in [1.29, 1.82) is 0 Å². The van der Waals surface area contributed by atoms with E-state index in [0.29, 0.717) is 28.4 Å². The van der Waals surface area contributed by atoms with Crippen molar-refractivity contribution in [2.24, 2.45) is 0 Å². The van der Waals surface area contributed by atoms with Crippen molar-refractivity contribution < 1.29 is 9.53 Å². The summed E-state index contributed by atoms with van der Waals surface area (Å²) < 4.78 is 7.22. The summed E-state index contributed by atoms with van der Waals surface area (Å²) in [6.07, 6.45) is 9.35. The number of Topliss-reactive ketones (excluding diaryl/α,β-unsaturated/α-hetero) is 1. The quantitative estimate of drug-likeness (QED) is 0.517. The van der Waals surface area contributed by atoms with Crippen molar-refractivity contribution in [2.75, 3.05) is 0 Å². The molecule has 8 heteroatoms. The average molecular weight is 332 g/mol. The molecule has 0 amide bonds. The second-order valence-electron chi connectivity index (χ2n) is 5.21. The maximum Gasteiger partial charge on any atom is 0.172 e. The zero-order valence-electron chi connectivity index (χ0n) is 13.0. The number of aromatic nitrogens is 6. The molecule has 0 fully saturated rings. The van der Waals surface area contributed by atoms with Crippen molar-refractivity contribution in [3.05, 3.63) is 73.0 Å². The molecule has 25 heavy (non-hydrogen) atoms. The van der Waals surface area contributed by atoms with Gasteiger partial charge in [0.2, 0.25) is 0 Å². The fourth-order valence-corrected chi connectivity index (χ4v) is 2.40. The smallest absolute Gasteiger partial charge is 0.172 e. The van der Waals surface area contributed by atoms with Gasteiger partial charge in [0, 0.05) is 11.9 Å². The van der Waals surface area contributed by atoms with E-state index < -0.39 is 0 Å². The number of ether oxygens (including phenoxy) is 1. The van der Waals surface area contributed by atoms with Crippen LogP contribution in [0.5, 0.6) is 11.5 Å². The fourth-order valence-electron chi connectivity index (χ4n) is 2.40. The fraction of sp³-hybridized carbons (Fsp3) is 0.0588. The van der Waals surface area contributed by atoms with Crippen LogP contribution in [0.2, 0.25) is 0 Å². The van der Waals surface area contributed by atoms with Gasteiger partial charge in [-0.25, -0.2) is 19.5 Å². The lowest BCUT2D eigenvalue weighted by atomic mass is 10.1. The molecule has 122 valence electrons. The van der Waals surface area contributed by atoms with Crippen LogP contribution in [0.3, 0.4) is 0 Å². The third kappa shape index (κ3) is 3.18. The first kappa shape index (κ1) is 14.9. The van der Waals surface area contributed by atoms with E-state index in [1.807, 2.05) is 6.07 Å². The standard InChI is InChI=1S/C17H12N6O2/c24-16(5-12-3-1-2-4-20-12)15-6-13(9-23-17(15)21-11-22-23)25-14-7-18-10-19-8-14/h1-4,6-11H,5H2. The molecule has 0 unspecified atom stereocenters. The second-order valence-corrected chi connectivity index (χ2v) is 5.21. The highest BCUT2D eigenvalue weighted by Crippen LogP contribution is 2.23. The topological polar surface area (TPSA) is 95.2 Å². The first-order chi connectivity index (χ1) is 12.3. The largest absolute Gasteiger partial charge is 0.452 e. The summed E-state index contributed by atoms with van der Waals surface area (Å²) in [7, 11) is 0. The van der Waals surface area contributed by atoms with Gasteiger partial charge < -0.3 is 4.74 Å². The molecule has 0 aliphatic carbocycles. The number of hydrogen-bond donors (Lipinski definition) is 0. The molecule has 8 nitrogen and oxygen atoms in total. The lowest BCUT2D eigenvalue weighted by Gasteiger charge is -2.08. The van der Waals surface area contributed by atoms with Crippen molar-refractivity contribution in [1.82, 2.24) is 29.5 Å². The monoisotopic (exact) mass is 332 g/mol. The Bertz CT molecular complexity index is 1020. The highest BCUT2D eigenvalue weighted by Gasteiger charge is 2.16. The van der Waals surface area contributed by atoms with E-state index in [-0.39, 0.29) is 12.2 Å². The zero-order chi connectivity index (χ0) is 17.1. The highest BCUT2D eigenvalue weighted by atomic mass is 16.5. The summed E-state index contributed by atoms with van der Waals surface area (Å²) in [4.78, 5) is 28.9. The molecule has 0 saturated carbocycles. The molecule has 4 aromatic heterocycles. The average Bonchev–Trinajstić information content (AvgIpc) is 3.11. The second kappa shape index (κ2) is 6.44. The van der Waals surface area contributed by atoms with Crippen LogP contribution in [0, 0.1) is 0 Å². The van der Waals surface area contributed by atoms with Crippen molar-refractivity contribution in [3.63, 3.8) is 0 Å². The predicted octanol–water partition coefficient (Wildman–Crippen LogP) is 2.13. The minimum atomic E-state index is -0.119. The lowest BCUT2D eigenvalue weighted by molar-refractivity contribution is 0.0992. The van der Waals surface area contributed by atoms with Gasteiger partial charge in [0.05, 0.1) is 30.6 Å². The van der Waals surface area contributed by atoms with Crippen LogP contribution in [0.4, 0.5) is 0 Å². The summed E-state index contributed by atoms with van der Waals surface area (Å²) in [5.41, 5.74) is 1.57. The number of carbonyl (C=O) groups excluding carboxylic acids is 1. The Labute approximate surface area is 142 Å². The Morgan fingerprint density at radius 1 is 1.08 bits per heavy atom. The van der Waals surface area contributed by atoms with Gasteiger partial charge in [0.25, 0.3) is 0 Å². The normalized spacial score (nSPS) is 10.7. The molecule has 0 aliphatic heterocycles. The van der Waals surface area contributed by atoms with E-state index in [1.54, 1.807) is 30.6 Å². The molecule has 0 atom stereocenters. The van der Waals surface area contributed by atoms with E-state index in [0.717, 1.165) is 0 Å². The molecule has 0 N–H and O–H groups in total. The summed E-state index contributed by atoms with van der Waals surface area (Å²) in [5.74, 6) is 0.786. The molecule has 4 rings (SSSR count). The minimum absolute atomic E-state index is 0.119. The number of pyridine rings is 2. The Kier molecular flexibility index (Phi) is 3.83. The number of fused-ring (bicyclic) bond motifs is 1. The van der Waals surface area contributed by atoms with Gasteiger partial charge in [-0.2, -0.15) is 5.10 Å². The number of nitrogens with zero attached hydrogens (tertiary/aromatic N) is 6. The molecular weight excluding hydrogens is 320 g/mol. The van der Waals surface area contributed by atoms with Gasteiger partial charge in [-0.1, -0.05) is 6.07 Å². The zero-order valence-corrected chi connectivity index (χ0v) is 13.0. The first-order valence-corrected chi connectivity index (χ1v) is 7.49. The Morgan fingerprint density at radius 2 is 1.96 bits per heavy atom. The van der Waals surface area contributed by atoms with Crippen molar-refractivity contribution in [3.8, 4) is 11.5 Å². The molecule has 0 radical (unpaired) electrons. The van der Waals surface area contributed by atoms with E-state index in [1.165, 1.54) is 29.6 Å². The molecule has 0 bridgehead atoms. The van der Waals surface area contributed by atoms with Crippen LogP contribution in [-0.2, 0) is 6.42 Å². The van der Waals surface area contributed by atoms with E-state index in [9.17, 15) is 4.79 Å². The van der Waals surface area contributed by atoms with Crippen LogP contribution in [0.15, 0.2) is 61.7 Å². The molecule has 0 aliphatic rings. The van der Waals surface area contributed by atoms with Gasteiger partial charge in [0.15, 0.2) is 17.2 Å². The maximum atomic E-state index is 12.7. The van der Waals surface area contributed by atoms with Gasteiger partial charge in [-0.3, -0.25) is 9.78 Å². The first-order valence-electron chi connectivity index (χ1n) is 7.49. The van der Waals surface area contributed by atoms with E-state index >= 15 is 0 Å². The molecule has 0 saturated heterocycles. The molecule has 4 heterocycles. The molecule has 0 spiro atoms. The number of ketones is 1. The maximum absolute atomic E-state index is 12.7. The molecule has 0 aromatic carbocycles. The van der Waals surface area contributed by atoms with Gasteiger partial charge in [0.1, 0.15) is 18.4 Å². The molecule has 4 aromatic rings. The molecular formula is C17H12N6O2. The highest BCUT2D eigenvalue weighted by molar-refractivity contribution is 6.02. The van der Waals surface area contributed by atoms with Crippen molar-refractivity contribution >= 4 is 11.4 Å². The summed E-state index contributed by atoms with van der Waals surface area (Å²) in [5, 5.41) is 4.10. The van der Waals surface area contributed by atoms with Crippen LogP contribution in [0.1, 0.15) is 16.1 Å². The van der Waals surface area contributed by atoms with Gasteiger partial charge in [-0.15, -0.1) is 0 Å². The summed E-state index contributed by atoms with van der Waals surface area (Å²) in [6.45, 7) is 0. The number of hydrogen-bond acceptors (Lipinski definition) is 7. The van der Waals surface area contributed by atoms with Crippen LogP contribution < -0.4 is 4.74 Å². The summed E-state index contributed by atoms with van der Waals surface area (Å²) >= 11 is 0. The van der Waals surface area contributed by atoms with E-state index in [4.69, 9.17) is 4.74 Å². The minimum Gasteiger partial charge on any atom is -0.452 e. The number of carbonyl (C=O) groups is 1. The lowest BCUT2D eigenvalue weighted by Crippen LogP contribution is -2.08. The van der Waals surface area contributed by atoms with Gasteiger partial charge in [-0.05, 0) is 18.2 Å². The Morgan fingerprint density at radius 3 is 2.76 bits per heavy atom.